The number of halogens is 1. The lowest BCUT2D eigenvalue weighted by molar-refractivity contribution is 0.153. The van der Waals surface area contributed by atoms with Gasteiger partial charge in [-0.25, -0.2) is 4.39 Å². The highest BCUT2D eigenvalue weighted by Gasteiger charge is 2.36. The number of benzene rings is 1. The van der Waals surface area contributed by atoms with Crippen LogP contribution in [0.1, 0.15) is 30.9 Å². The smallest absolute Gasteiger partial charge is 0.141 e. The number of hydrogen-bond acceptors (Lipinski definition) is 5. The Labute approximate surface area is 134 Å². The van der Waals surface area contributed by atoms with E-state index in [2.05, 4.69) is 38.9 Å². The lowest BCUT2D eigenvalue weighted by atomic mass is 9.94. The molecule has 2 N–H and O–H groups in total. The van der Waals surface area contributed by atoms with E-state index in [4.69, 9.17) is 0 Å². The Hall–Kier alpha value is -1.95. The Morgan fingerprint density at radius 3 is 2.91 bits per heavy atom. The normalized spacial score (nSPS) is 33.1. The lowest BCUT2D eigenvalue weighted by Crippen LogP contribution is -2.39. The van der Waals surface area contributed by atoms with Gasteiger partial charge in [0.05, 0.1) is 18.0 Å². The van der Waals surface area contributed by atoms with Crippen LogP contribution >= 0.6 is 0 Å². The summed E-state index contributed by atoms with van der Waals surface area (Å²) in [6.07, 6.45) is 4.99. The monoisotopic (exact) mass is 316 g/mol. The first kappa shape index (κ1) is 14.6. The molecule has 1 saturated heterocycles. The standard InChI is InChI=1S/C17H21FN4O/c18-13-9-12(4-6-14(13)21-23)22-7-1-2-17(22)11-3-5-15-16(8-11)20-10-19-15/h3-6,8,12-14,17,19-20H,1-2,7,9-10H2/t12-,13?,14+,17+/m0/s1. The van der Waals surface area contributed by atoms with Crippen LogP contribution in [0.15, 0.2) is 35.5 Å². The first-order valence-electron chi connectivity index (χ1n) is 8.28. The molecule has 2 aliphatic heterocycles. The molecule has 5 nitrogen and oxygen atoms in total. The van der Waals surface area contributed by atoms with Gasteiger partial charge in [0.2, 0.25) is 0 Å². The second-order valence-electron chi connectivity index (χ2n) is 6.53. The van der Waals surface area contributed by atoms with Crippen LogP contribution in [0, 0.1) is 4.91 Å². The van der Waals surface area contributed by atoms with E-state index in [1.165, 1.54) is 5.56 Å². The molecule has 0 spiro atoms. The molecule has 1 unspecified atom stereocenters. The van der Waals surface area contributed by atoms with Crippen LogP contribution in [0.3, 0.4) is 0 Å². The molecule has 4 atom stereocenters. The number of hydrogen-bond donors (Lipinski definition) is 2. The number of nitrogens with zero attached hydrogens (tertiary/aromatic N) is 2. The second kappa shape index (κ2) is 5.92. The average Bonchev–Trinajstić information content (AvgIpc) is 3.23. The third-order valence-corrected chi connectivity index (χ3v) is 5.20. The van der Waals surface area contributed by atoms with E-state index in [-0.39, 0.29) is 6.04 Å². The van der Waals surface area contributed by atoms with Crippen molar-refractivity contribution in [1.82, 2.24) is 4.90 Å². The van der Waals surface area contributed by atoms with Gasteiger partial charge < -0.3 is 10.6 Å². The van der Waals surface area contributed by atoms with Gasteiger partial charge in [-0.15, -0.1) is 0 Å². The fourth-order valence-electron chi connectivity index (χ4n) is 4.01. The molecule has 0 saturated carbocycles. The quantitative estimate of drug-likeness (QED) is 0.663. The Morgan fingerprint density at radius 2 is 2.09 bits per heavy atom. The summed E-state index contributed by atoms with van der Waals surface area (Å²) >= 11 is 0. The minimum atomic E-state index is -1.17. The zero-order valence-electron chi connectivity index (χ0n) is 12.9. The zero-order chi connectivity index (χ0) is 15.8. The Bertz CT molecular complexity index is 635. The highest BCUT2D eigenvalue weighted by atomic mass is 19.1. The number of fused-ring (bicyclic) bond motifs is 1. The van der Waals surface area contributed by atoms with Crippen LogP contribution in [0.2, 0.25) is 0 Å². The van der Waals surface area contributed by atoms with Crippen LogP contribution < -0.4 is 10.6 Å². The minimum absolute atomic E-state index is 0.0508. The molecule has 1 aliphatic carbocycles. The lowest BCUT2D eigenvalue weighted by Gasteiger charge is -2.35. The molecule has 1 aromatic carbocycles. The topological polar surface area (TPSA) is 56.7 Å². The van der Waals surface area contributed by atoms with Gasteiger partial charge in [-0.3, -0.25) is 4.90 Å². The Kier molecular flexibility index (Phi) is 3.77. The van der Waals surface area contributed by atoms with Crippen molar-refractivity contribution >= 4 is 11.4 Å². The van der Waals surface area contributed by atoms with Gasteiger partial charge in [0.15, 0.2) is 0 Å². The first-order chi connectivity index (χ1) is 11.3. The number of anilines is 2. The molecule has 4 rings (SSSR count). The molecule has 2 heterocycles. The van der Waals surface area contributed by atoms with Gasteiger partial charge in [-0.05, 0) is 37.1 Å². The second-order valence-corrected chi connectivity index (χ2v) is 6.53. The van der Waals surface area contributed by atoms with Crippen LogP contribution in [0.25, 0.3) is 0 Å². The summed E-state index contributed by atoms with van der Waals surface area (Å²) in [5, 5.41) is 9.47. The SMILES string of the molecule is O=N[C@@H]1C=C[C@H](N2CCC[C@@H]2c2ccc3c(c2)NCN3)CC1F. The maximum Gasteiger partial charge on any atom is 0.141 e. The number of rotatable bonds is 3. The number of nitrogens with one attached hydrogen (secondary N) is 2. The van der Waals surface area contributed by atoms with Crippen LogP contribution in [0.4, 0.5) is 15.8 Å². The molecule has 0 amide bonds. The fraction of sp³-hybridized carbons (Fsp3) is 0.529. The summed E-state index contributed by atoms with van der Waals surface area (Å²) < 4.78 is 14.1. The van der Waals surface area contributed by atoms with Crippen molar-refractivity contribution < 1.29 is 4.39 Å². The van der Waals surface area contributed by atoms with Crippen molar-refractivity contribution in [3.05, 3.63) is 40.8 Å². The molecule has 1 fully saturated rings. The largest absolute Gasteiger partial charge is 0.366 e. The van der Waals surface area contributed by atoms with E-state index in [0.717, 1.165) is 37.4 Å². The molecule has 1 aromatic rings. The third-order valence-electron chi connectivity index (χ3n) is 5.20. The highest BCUT2D eigenvalue weighted by molar-refractivity contribution is 5.74. The van der Waals surface area contributed by atoms with E-state index < -0.39 is 12.2 Å². The molecule has 23 heavy (non-hydrogen) atoms. The van der Waals surface area contributed by atoms with Crippen molar-refractivity contribution in [3.63, 3.8) is 0 Å². The van der Waals surface area contributed by atoms with E-state index >= 15 is 0 Å². The maximum absolute atomic E-state index is 14.1. The molecule has 122 valence electrons. The van der Waals surface area contributed by atoms with Gasteiger partial charge in [0.25, 0.3) is 0 Å². The van der Waals surface area contributed by atoms with Crippen molar-refractivity contribution in [2.24, 2.45) is 5.18 Å². The molecule has 3 aliphatic rings. The van der Waals surface area contributed by atoms with Crippen LogP contribution in [0.5, 0.6) is 0 Å². The summed E-state index contributed by atoms with van der Waals surface area (Å²) in [4.78, 5) is 13.0. The predicted octanol–water partition coefficient (Wildman–Crippen LogP) is 3.42. The summed E-state index contributed by atoms with van der Waals surface area (Å²) in [6.45, 7) is 1.73. The van der Waals surface area contributed by atoms with Crippen molar-refractivity contribution in [1.29, 1.82) is 0 Å². The molecular formula is C17H21FN4O. The van der Waals surface area contributed by atoms with E-state index in [9.17, 15) is 9.30 Å². The number of likely N-dealkylation sites (tertiary alicyclic amines) is 1. The molecular weight excluding hydrogens is 295 g/mol. The fourth-order valence-corrected chi connectivity index (χ4v) is 4.01. The van der Waals surface area contributed by atoms with Crippen LogP contribution in [-0.4, -0.2) is 36.4 Å². The number of alkyl halides is 1. The Balaban J connectivity index is 1.56. The maximum atomic E-state index is 14.1. The van der Waals surface area contributed by atoms with Gasteiger partial charge >= 0.3 is 0 Å². The summed E-state index contributed by atoms with van der Waals surface area (Å²) in [5.74, 6) is 0. The van der Waals surface area contributed by atoms with Gasteiger partial charge in [-0.1, -0.05) is 23.4 Å². The van der Waals surface area contributed by atoms with Crippen molar-refractivity contribution in [3.8, 4) is 0 Å². The molecule has 0 radical (unpaired) electrons. The zero-order valence-corrected chi connectivity index (χ0v) is 12.9. The van der Waals surface area contributed by atoms with Gasteiger partial charge in [0.1, 0.15) is 12.2 Å². The van der Waals surface area contributed by atoms with E-state index in [1.807, 2.05) is 6.08 Å². The minimum Gasteiger partial charge on any atom is -0.366 e. The summed E-state index contributed by atoms with van der Waals surface area (Å²) in [6, 6.07) is 6.02. The highest BCUT2D eigenvalue weighted by Crippen LogP contribution is 2.39. The summed E-state index contributed by atoms with van der Waals surface area (Å²) in [5.41, 5.74) is 3.55. The van der Waals surface area contributed by atoms with Crippen molar-refractivity contribution in [2.75, 3.05) is 23.8 Å². The molecule has 0 bridgehead atoms. The molecule has 0 aromatic heterocycles. The van der Waals surface area contributed by atoms with Gasteiger partial charge in [-0.2, -0.15) is 4.91 Å². The van der Waals surface area contributed by atoms with Gasteiger partial charge in [0, 0.05) is 18.5 Å². The van der Waals surface area contributed by atoms with Crippen molar-refractivity contribution in [2.45, 2.75) is 43.6 Å². The molecule has 6 heteroatoms. The Morgan fingerprint density at radius 1 is 1.22 bits per heavy atom. The predicted molar refractivity (Wildman–Crippen MR) is 89.3 cm³/mol. The average molecular weight is 316 g/mol. The van der Waals surface area contributed by atoms with Crippen LogP contribution in [-0.2, 0) is 0 Å². The number of nitroso groups, excluding NO2 is 1. The summed E-state index contributed by atoms with van der Waals surface area (Å²) in [7, 11) is 0. The first-order valence-corrected chi connectivity index (χ1v) is 8.28. The third kappa shape index (κ3) is 2.61. The van der Waals surface area contributed by atoms with E-state index in [1.54, 1.807) is 6.08 Å². The van der Waals surface area contributed by atoms with E-state index in [0.29, 0.717) is 12.5 Å².